The van der Waals surface area contributed by atoms with Gasteiger partial charge in [-0.3, -0.25) is 4.79 Å². The maximum atomic E-state index is 13.3. The Kier molecular flexibility index (Phi) is 7.81. The maximum absolute atomic E-state index is 13.3. The molecule has 182 valence electrons. The van der Waals surface area contributed by atoms with Crippen LogP contribution in [0.4, 0.5) is 5.82 Å². The number of hydrogen-bond donors (Lipinski definition) is 0. The molecule has 1 amide bonds. The van der Waals surface area contributed by atoms with Crippen LogP contribution in [0.15, 0.2) is 23.6 Å². The van der Waals surface area contributed by atoms with Crippen LogP contribution in [0, 0.1) is 6.92 Å². The van der Waals surface area contributed by atoms with E-state index in [2.05, 4.69) is 16.0 Å². The van der Waals surface area contributed by atoms with E-state index in [9.17, 15) is 4.79 Å². The van der Waals surface area contributed by atoms with E-state index in [1.165, 1.54) is 11.3 Å². The van der Waals surface area contributed by atoms with Crippen molar-refractivity contribution in [3.63, 3.8) is 0 Å². The number of aryl methyl sites for hydroxylation is 1. The van der Waals surface area contributed by atoms with E-state index in [1.54, 1.807) is 31.6 Å². The summed E-state index contributed by atoms with van der Waals surface area (Å²) in [5.74, 6) is 1.97. The van der Waals surface area contributed by atoms with Gasteiger partial charge < -0.3 is 28.7 Å². The molecule has 1 aliphatic heterocycles. The van der Waals surface area contributed by atoms with Crippen LogP contribution in [0.2, 0.25) is 0 Å². The Hall–Kier alpha value is -2.95. The van der Waals surface area contributed by atoms with Gasteiger partial charge in [0.05, 0.1) is 44.6 Å². The van der Waals surface area contributed by atoms with Gasteiger partial charge in [-0.25, -0.2) is 9.97 Å². The van der Waals surface area contributed by atoms with E-state index in [1.807, 2.05) is 19.1 Å². The lowest BCUT2D eigenvalue weighted by Crippen LogP contribution is -2.39. The number of anilines is 1. The van der Waals surface area contributed by atoms with Crippen LogP contribution < -0.4 is 14.4 Å². The van der Waals surface area contributed by atoms with E-state index < -0.39 is 0 Å². The van der Waals surface area contributed by atoms with Crippen molar-refractivity contribution in [3.05, 3.63) is 39.8 Å². The van der Waals surface area contributed by atoms with Crippen molar-refractivity contribution in [2.45, 2.75) is 13.5 Å². The predicted molar refractivity (Wildman–Crippen MR) is 131 cm³/mol. The second-order valence-corrected chi connectivity index (χ2v) is 9.00. The van der Waals surface area contributed by atoms with Crippen molar-refractivity contribution < 1.29 is 23.7 Å². The van der Waals surface area contributed by atoms with Crippen molar-refractivity contribution in [2.75, 3.05) is 65.7 Å². The molecule has 1 aliphatic rings. The quantitative estimate of drug-likeness (QED) is 0.456. The van der Waals surface area contributed by atoms with Crippen LogP contribution in [-0.2, 0) is 16.0 Å². The molecular weight excluding hydrogens is 456 g/mol. The fourth-order valence-electron chi connectivity index (χ4n) is 3.98. The topological polar surface area (TPSA) is 86.3 Å². The van der Waals surface area contributed by atoms with Gasteiger partial charge in [-0.15, -0.1) is 11.3 Å². The van der Waals surface area contributed by atoms with Gasteiger partial charge in [-0.05, 0) is 19.1 Å². The minimum absolute atomic E-state index is 0.123. The number of ether oxygens (including phenoxy) is 4. The molecule has 34 heavy (non-hydrogen) atoms. The highest BCUT2D eigenvalue weighted by Gasteiger charge is 2.24. The number of amides is 1. The van der Waals surface area contributed by atoms with Crippen LogP contribution in [0.3, 0.4) is 0 Å². The SMILES string of the molecule is COCCN(Cc1cc2cc(OC)c(OC)cc2nc1N1CCOCC1)C(=O)c1csc(C)n1. The fraction of sp³-hybridized carbons (Fsp3) is 0.458. The summed E-state index contributed by atoms with van der Waals surface area (Å²) < 4.78 is 21.8. The summed E-state index contributed by atoms with van der Waals surface area (Å²) in [4.78, 5) is 26.7. The molecule has 2 aromatic heterocycles. The Morgan fingerprint density at radius 2 is 1.85 bits per heavy atom. The van der Waals surface area contributed by atoms with E-state index >= 15 is 0 Å². The van der Waals surface area contributed by atoms with Crippen molar-refractivity contribution in [3.8, 4) is 11.5 Å². The molecule has 0 N–H and O–H groups in total. The van der Waals surface area contributed by atoms with Gasteiger partial charge in [0.15, 0.2) is 11.5 Å². The number of benzene rings is 1. The summed E-state index contributed by atoms with van der Waals surface area (Å²) in [7, 11) is 4.85. The van der Waals surface area contributed by atoms with Crippen LogP contribution >= 0.6 is 11.3 Å². The molecule has 0 aliphatic carbocycles. The zero-order chi connectivity index (χ0) is 24.1. The molecule has 0 radical (unpaired) electrons. The summed E-state index contributed by atoms with van der Waals surface area (Å²) in [6.07, 6.45) is 0. The second-order valence-electron chi connectivity index (χ2n) is 7.94. The molecular formula is C24H30N4O5S. The molecule has 9 nitrogen and oxygen atoms in total. The normalized spacial score (nSPS) is 13.8. The van der Waals surface area contributed by atoms with E-state index in [0.717, 1.165) is 40.4 Å². The lowest BCUT2D eigenvalue weighted by molar-refractivity contribution is 0.0675. The van der Waals surface area contributed by atoms with Crippen LogP contribution in [0.5, 0.6) is 11.5 Å². The van der Waals surface area contributed by atoms with Gasteiger partial charge in [-0.2, -0.15) is 0 Å². The molecule has 0 spiro atoms. The summed E-state index contributed by atoms with van der Waals surface area (Å²) in [6, 6.07) is 5.88. The lowest BCUT2D eigenvalue weighted by atomic mass is 10.1. The first kappa shape index (κ1) is 24.2. The number of pyridine rings is 1. The first-order chi connectivity index (χ1) is 16.5. The Morgan fingerprint density at radius 1 is 1.12 bits per heavy atom. The van der Waals surface area contributed by atoms with E-state index in [4.69, 9.17) is 23.9 Å². The number of hydrogen-bond acceptors (Lipinski definition) is 9. The third-order valence-electron chi connectivity index (χ3n) is 5.74. The van der Waals surface area contributed by atoms with Gasteiger partial charge in [0.1, 0.15) is 11.5 Å². The third-order valence-corrected chi connectivity index (χ3v) is 6.51. The minimum Gasteiger partial charge on any atom is -0.493 e. The third kappa shape index (κ3) is 5.24. The number of nitrogens with zero attached hydrogens (tertiary/aromatic N) is 4. The van der Waals surface area contributed by atoms with Crippen LogP contribution in [-0.4, -0.2) is 81.6 Å². The number of rotatable bonds is 9. The first-order valence-electron chi connectivity index (χ1n) is 11.1. The van der Waals surface area contributed by atoms with Crippen molar-refractivity contribution in [1.82, 2.24) is 14.9 Å². The molecule has 1 aromatic carbocycles. The minimum atomic E-state index is -0.123. The van der Waals surface area contributed by atoms with Gasteiger partial charge in [-0.1, -0.05) is 0 Å². The second kappa shape index (κ2) is 11.0. The molecule has 3 aromatic rings. The van der Waals surface area contributed by atoms with Gasteiger partial charge >= 0.3 is 0 Å². The van der Waals surface area contributed by atoms with E-state index in [-0.39, 0.29) is 5.91 Å². The monoisotopic (exact) mass is 486 g/mol. The van der Waals surface area contributed by atoms with Crippen molar-refractivity contribution >= 4 is 34.0 Å². The zero-order valence-corrected chi connectivity index (χ0v) is 20.8. The number of aromatic nitrogens is 2. The average Bonchev–Trinajstić information content (AvgIpc) is 3.31. The number of methoxy groups -OCH3 is 3. The van der Waals surface area contributed by atoms with Crippen LogP contribution in [0.25, 0.3) is 10.9 Å². The van der Waals surface area contributed by atoms with Gasteiger partial charge in [0, 0.05) is 55.7 Å². The molecule has 1 saturated heterocycles. The van der Waals surface area contributed by atoms with E-state index in [0.29, 0.717) is 50.1 Å². The highest BCUT2D eigenvalue weighted by molar-refractivity contribution is 7.09. The molecule has 0 atom stereocenters. The first-order valence-corrected chi connectivity index (χ1v) is 12.0. The molecule has 0 bridgehead atoms. The number of thiazole rings is 1. The Bertz CT molecular complexity index is 1150. The molecule has 3 heterocycles. The number of carbonyl (C=O) groups excluding carboxylic acids is 1. The lowest BCUT2D eigenvalue weighted by Gasteiger charge is -2.31. The molecule has 10 heteroatoms. The highest BCUT2D eigenvalue weighted by atomic mass is 32.1. The Labute approximate surface area is 203 Å². The zero-order valence-electron chi connectivity index (χ0n) is 20.0. The Balaban J connectivity index is 1.77. The largest absolute Gasteiger partial charge is 0.493 e. The molecule has 0 unspecified atom stereocenters. The van der Waals surface area contributed by atoms with Gasteiger partial charge in [0.2, 0.25) is 0 Å². The fourth-order valence-corrected chi connectivity index (χ4v) is 4.57. The van der Waals surface area contributed by atoms with Crippen molar-refractivity contribution in [1.29, 1.82) is 0 Å². The molecule has 1 fully saturated rings. The van der Waals surface area contributed by atoms with Crippen LogP contribution in [0.1, 0.15) is 21.1 Å². The smallest absolute Gasteiger partial charge is 0.273 e. The summed E-state index contributed by atoms with van der Waals surface area (Å²) in [5, 5.41) is 3.57. The maximum Gasteiger partial charge on any atom is 0.273 e. The Morgan fingerprint density at radius 3 is 2.50 bits per heavy atom. The summed E-state index contributed by atoms with van der Waals surface area (Å²) >= 11 is 1.47. The number of fused-ring (bicyclic) bond motifs is 1. The number of carbonyl (C=O) groups is 1. The summed E-state index contributed by atoms with van der Waals surface area (Å²) in [6.45, 7) is 5.87. The predicted octanol–water partition coefficient (Wildman–Crippen LogP) is 3.14. The molecule has 4 rings (SSSR count). The van der Waals surface area contributed by atoms with Crippen molar-refractivity contribution in [2.24, 2.45) is 0 Å². The molecule has 0 saturated carbocycles. The highest BCUT2D eigenvalue weighted by Crippen LogP contribution is 2.34. The van der Waals surface area contributed by atoms with Gasteiger partial charge in [0.25, 0.3) is 5.91 Å². The number of morpholine rings is 1. The summed E-state index contributed by atoms with van der Waals surface area (Å²) in [5.41, 5.74) is 2.19. The average molecular weight is 487 g/mol. The standard InChI is InChI=1S/C24H30N4O5S/c1-16-25-20(15-34-16)24(29)28(5-8-30-2)14-18-11-17-12-21(31-3)22(32-4)13-19(17)26-23(18)27-6-9-33-10-7-27/h11-13,15H,5-10,14H2,1-4H3.